The average molecular weight is 441 g/mol. The lowest BCUT2D eigenvalue weighted by molar-refractivity contribution is 0.370. The third-order valence-corrected chi connectivity index (χ3v) is 3.75. The molecule has 0 amide bonds. The Morgan fingerprint density at radius 2 is 1.96 bits per heavy atom. The van der Waals surface area contributed by atoms with Gasteiger partial charge >= 0.3 is 0 Å². The summed E-state index contributed by atoms with van der Waals surface area (Å²) in [5.74, 6) is 0.981. The maximum absolute atomic E-state index is 10.0. The highest BCUT2D eigenvalue weighted by Crippen LogP contribution is 2.29. The Morgan fingerprint density at radius 3 is 2.62 bits per heavy atom. The lowest BCUT2D eigenvalue weighted by Crippen LogP contribution is -2.23. The number of benzene rings is 2. The van der Waals surface area contributed by atoms with Gasteiger partial charge in [0.2, 0.25) is 0 Å². The van der Waals surface area contributed by atoms with Gasteiger partial charge in [-0.3, -0.25) is 4.99 Å². The summed E-state index contributed by atoms with van der Waals surface area (Å²) in [7, 11) is 1.53. The first-order valence-corrected chi connectivity index (χ1v) is 7.50. The molecule has 0 aliphatic heterocycles. The van der Waals surface area contributed by atoms with Gasteiger partial charge in [-0.05, 0) is 55.2 Å². The first-order valence-electron chi connectivity index (χ1n) is 7.50. The van der Waals surface area contributed by atoms with Gasteiger partial charge in [-0.2, -0.15) is 0 Å². The molecule has 0 radical (unpaired) electrons. The van der Waals surface area contributed by atoms with Crippen molar-refractivity contribution in [2.24, 2.45) is 10.7 Å². The summed E-state index contributed by atoms with van der Waals surface area (Å²) in [6.45, 7) is 4.60. The third-order valence-electron chi connectivity index (χ3n) is 3.75. The van der Waals surface area contributed by atoms with Crippen LogP contribution in [0.2, 0.25) is 0 Å². The second-order valence-electron chi connectivity index (χ2n) is 5.41. The molecule has 0 unspecified atom stereocenters. The number of hydrogen-bond acceptors (Lipinski definition) is 3. The van der Waals surface area contributed by atoms with Crippen molar-refractivity contribution in [2.75, 3.05) is 19.0 Å². The van der Waals surface area contributed by atoms with Gasteiger partial charge in [0, 0.05) is 12.2 Å². The molecular weight excluding hydrogens is 417 g/mol. The predicted octanol–water partition coefficient (Wildman–Crippen LogP) is 3.60. The fourth-order valence-electron chi connectivity index (χ4n) is 2.24. The molecule has 6 heteroatoms. The van der Waals surface area contributed by atoms with Gasteiger partial charge < -0.3 is 20.9 Å². The van der Waals surface area contributed by atoms with E-state index in [9.17, 15) is 5.11 Å². The third kappa shape index (κ3) is 5.30. The first kappa shape index (κ1) is 20.1. The summed E-state index contributed by atoms with van der Waals surface area (Å²) in [4.78, 5) is 4.29. The van der Waals surface area contributed by atoms with Crippen LogP contribution in [0.25, 0.3) is 0 Å². The van der Waals surface area contributed by atoms with Crippen LogP contribution in [0.15, 0.2) is 41.4 Å². The predicted molar refractivity (Wildman–Crippen MR) is 110 cm³/mol. The molecule has 0 saturated carbocycles. The minimum atomic E-state index is 0. The molecule has 0 aromatic heterocycles. The highest BCUT2D eigenvalue weighted by Gasteiger charge is 2.06. The van der Waals surface area contributed by atoms with E-state index in [1.807, 2.05) is 30.3 Å². The highest BCUT2D eigenvalue weighted by molar-refractivity contribution is 14.0. The van der Waals surface area contributed by atoms with Gasteiger partial charge in [0.1, 0.15) is 0 Å². The number of aliphatic imine (C=N–C) groups is 1. The molecule has 0 aliphatic carbocycles. The van der Waals surface area contributed by atoms with E-state index < -0.39 is 0 Å². The SMILES string of the molecule is COc1cccc(CCN=C(N)Nc2ccc(C)c(C)c2)c1O.I. The smallest absolute Gasteiger partial charge is 0.193 e. The molecular formula is C18H24IN3O2. The van der Waals surface area contributed by atoms with Crippen molar-refractivity contribution in [3.63, 3.8) is 0 Å². The van der Waals surface area contributed by atoms with Crippen molar-refractivity contribution in [1.29, 1.82) is 0 Å². The van der Waals surface area contributed by atoms with Crippen LogP contribution < -0.4 is 15.8 Å². The van der Waals surface area contributed by atoms with Crippen molar-refractivity contribution in [3.8, 4) is 11.5 Å². The standard InChI is InChI=1S/C18H23N3O2.HI/c1-12-7-8-15(11-13(12)2)21-18(19)20-10-9-14-5-4-6-16(23-3)17(14)22;/h4-8,11,22H,9-10H2,1-3H3,(H3,19,20,21);1H. The van der Waals surface area contributed by atoms with Gasteiger partial charge in [-0.25, -0.2) is 0 Å². The molecule has 0 spiro atoms. The topological polar surface area (TPSA) is 79.9 Å². The zero-order valence-electron chi connectivity index (χ0n) is 14.2. The van der Waals surface area contributed by atoms with Gasteiger partial charge in [-0.15, -0.1) is 24.0 Å². The number of aromatic hydroxyl groups is 1. The number of hydrogen-bond donors (Lipinski definition) is 3. The molecule has 0 aliphatic rings. The Hall–Kier alpha value is -1.96. The van der Waals surface area contributed by atoms with E-state index in [0.29, 0.717) is 24.7 Å². The number of nitrogens with two attached hydrogens (primary N) is 1. The summed E-state index contributed by atoms with van der Waals surface area (Å²) >= 11 is 0. The summed E-state index contributed by atoms with van der Waals surface area (Å²) in [5, 5.41) is 13.1. The van der Waals surface area contributed by atoms with Crippen LogP contribution >= 0.6 is 24.0 Å². The van der Waals surface area contributed by atoms with Gasteiger partial charge in [0.05, 0.1) is 7.11 Å². The Balaban J connectivity index is 0.00000288. The highest BCUT2D eigenvalue weighted by atomic mass is 127. The number of nitrogens with one attached hydrogen (secondary N) is 1. The summed E-state index contributed by atoms with van der Waals surface area (Å²) in [6.07, 6.45) is 0.582. The Morgan fingerprint density at radius 1 is 1.21 bits per heavy atom. The summed E-state index contributed by atoms with van der Waals surface area (Å²) in [5.41, 5.74) is 10.0. The van der Waals surface area contributed by atoms with Crippen molar-refractivity contribution in [1.82, 2.24) is 0 Å². The van der Waals surface area contributed by atoms with Crippen LogP contribution in [0.3, 0.4) is 0 Å². The van der Waals surface area contributed by atoms with Crippen molar-refractivity contribution in [3.05, 3.63) is 53.1 Å². The zero-order chi connectivity index (χ0) is 16.8. The van der Waals surface area contributed by atoms with Gasteiger partial charge in [-0.1, -0.05) is 18.2 Å². The van der Waals surface area contributed by atoms with E-state index in [1.54, 1.807) is 6.07 Å². The quantitative estimate of drug-likeness (QED) is 0.376. The minimum Gasteiger partial charge on any atom is -0.504 e. The number of halogens is 1. The number of ether oxygens (including phenoxy) is 1. The van der Waals surface area contributed by atoms with E-state index >= 15 is 0 Å². The van der Waals surface area contributed by atoms with E-state index in [2.05, 4.69) is 24.2 Å². The fourth-order valence-corrected chi connectivity index (χ4v) is 2.24. The molecule has 0 fully saturated rings. The molecule has 0 heterocycles. The van der Waals surface area contributed by atoms with Crippen LogP contribution in [0.5, 0.6) is 11.5 Å². The van der Waals surface area contributed by atoms with E-state index in [0.717, 1.165) is 11.3 Å². The molecule has 0 atom stereocenters. The lowest BCUT2D eigenvalue weighted by Gasteiger charge is -2.09. The molecule has 0 bridgehead atoms. The number of nitrogens with zero attached hydrogens (tertiary/aromatic N) is 1. The molecule has 0 saturated heterocycles. The number of para-hydroxylation sites is 1. The molecule has 2 rings (SSSR count). The average Bonchev–Trinajstić information content (AvgIpc) is 2.52. The van der Waals surface area contributed by atoms with E-state index in [1.165, 1.54) is 18.2 Å². The zero-order valence-corrected chi connectivity index (χ0v) is 16.5. The molecule has 2 aromatic carbocycles. The van der Waals surface area contributed by atoms with Crippen molar-refractivity contribution in [2.45, 2.75) is 20.3 Å². The normalized spacial score (nSPS) is 10.9. The number of methoxy groups -OCH3 is 1. The number of anilines is 1. The second kappa shape index (κ2) is 9.36. The van der Waals surface area contributed by atoms with E-state index in [4.69, 9.17) is 10.5 Å². The number of rotatable bonds is 5. The summed E-state index contributed by atoms with van der Waals surface area (Å²) < 4.78 is 5.09. The fraction of sp³-hybridized carbons (Fsp3) is 0.278. The Labute approximate surface area is 160 Å². The molecule has 24 heavy (non-hydrogen) atoms. The van der Waals surface area contributed by atoms with Crippen LogP contribution in [0.1, 0.15) is 16.7 Å². The van der Waals surface area contributed by atoms with Gasteiger partial charge in [0.15, 0.2) is 17.5 Å². The van der Waals surface area contributed by atoms with Crippen LogP contribution in [-0.4, -0.2) is 24.7 Å². The monoisotopic (exact) mass is 441 g/mol. The van der Waals surface area contributed by atoms with Crippen LogP contribution in [-0.2, 0) is 6.42 Å². The van der Waals surface area contributed by atoms with Crippen molar-refractivity contribution >= 4 is 35.6 Å². The number of phenols is 1. The summed E-state index contributed by atoms with van der Waals surface area (Å²) in [6, 6.07) is 11.5. The minimum absolute atomic E-state index is 0. The largest absolute Gasteiger partial charge is 0.504 e. The number of aryl methyl sites for hydroxylation is 2. The lowest BCUT2D eigenvalue weighted by atomic mass is 10.1. The molecule has 5 nitrogen and oxygen atoms in total. The van der Waals surface area contributed by atoms with Crippen molar-refractivity contribution < 1.29 is 9.84 Å². The molecule has 2 aromatic rings. The Kier molecular flexibility index (Phi) is 7.84. The maximum atomic E-state index is 10.0. The first-order chi connectivity index (χ1) is 11.0. The van der Waals surface area contributed by atoms with Crippen LogP contribution in [0, 0.1) is 13.8 Å². The molecule has 4 N–H and O–H groups in total. The maximum Gasteiger partial charge on any atom is 0.193 e. The Bertz CT molecular complexity index is 717. The second-order valence-corrected chi connectivity index (χ2v) is 5.41. The number of guanidine groups is 1. The number of phenolic OH excluding ortho intramolecular Hbond substituents is 1. The van der Waals surface area contributed by atoms with E-state index in [-0.39, 0.29) is 29.7 Å². The molecule has 130 valence electrons. The van der Waals surface area contributed by atoms with Crippen LogP contribution in [0.4, 0.5) is 5.69 Å². The van der Waals surface area contributed by atoms with Gasteiger partial charge in [0.25, 0.3) is 0 Å².